The van der Waals surface area contributed by atoms with Gasteiger partial charge in [0.25, 0.3) is 0 Å². The number of benzene rings is 1. The second kappa shape index (κ2) is 6.98. The highest BCUT2D eigenvalue weighted by Crippen LogP contribution is 2.27. The fourth-order valence-electron chi connectivity index (χ4n) is 1.36. The van der Waals surface area contributed by atoms with E-state index in [2.05, 4.69) is 0 Å². The molecule has 4 N–H and O–H groups in total. The third-order valence-electron chi connectivity index (χ3n) is 2.27. The van der Waals surface area contributed by atoms with Crippen LogP contribution < -0.4 is 20.9 Å². The van der Waals surface area contributed by atoms with E-state index in [0.29, 0.717) is 17.9 Å². The fraction of sp³-hybridized carbons (Fsp3) is 0.364. The van der Waals surface area contributed by atoms with Crippen LogP contribution in [0.3, 0.4) is 0 Å². The number of carbonyl (C=O) groups excluding carboxylic acids is 1. The molecule has 5 nitrogen and oxygen atoms in total. The Labute approximate surface area is 106 Å². The van der Waals surface area contributed by atoms with Gasteiger partial charge in [-0.25, -0.2) is 0 Å². The summed E-state index contributed by atoms with van der Waals surface area (Å²) < 4.78 is 10.2. The molecule has 1 aromatic rings. The number of nitrogens with two attached hydrogens (primary N) is 2. The van der Waals surface area contributed by atoms with E-state index in [9.17, 15) is 4.79 Å². The van der Waals surface area contributed by atoms with Crippen molar-refractivity contribution in [2.75, 3.05) is 14.2 Å². The molecule has 1 aromatic carbocycles. The van der Waals surface area contributed by atoms with E-state index in [1.807, 2.05) is 6.07 Å². The molecule has 0 aliphatic carbocycles. The molecule has 0 spiro atoms. The highest BCUT2D eigenvalue weighted by molar-refractivity contribution is 5.85. The normalized spacial score (nSPS) is 11.2. The van der Waals surface area contributed by atoms with Crippen LogP contribution in [0.5, 0.6) is 11.5 Å². The van der Waals surface area contributed by atoms with Gasteiger partial charge >= 0.3 is 0 Å². The van der Waals surface area contributed by atoms with E-state index in [1.165, 1.54) is 0 Å². The maximum Gasteiger partial charge on any atom is 0.234 e. The van der Waals surface area contributed by atoms with E-state index in [0.717, 1.165) is 5.56 Å². The largest absolute Gasteiger partial charge is 0.493 e. The zero-order chi connectivity index (χ0) is 12.1. The summed E-state index contributed by atoms with van der Waals surface area (Å²) in [5, 5.41) is 0. The number of amides is 1. The number of hydrogen-bond acceptors (Lipinski definition) is 4. The van der Waals surface area contributed by atoms with Gasteiger partial charge in [0.1, 0.15) is 0 Å². The lowest BCUT2D eigenvalue weighted by Crippen LogP contribution is -2.38. The number of halogens is 1. The van der Waals surface area contributed by atoms with Gasteiger partial charge in [-0.15, -0.1) is 12.4 Å². The second-order valence-electron chi connectivity index (χ2n) is 3.40. The SMILES string of the molecule is COc1ccc(C[C@@H](N)C(N)=O)cc1OC.Cl. The minimum Gasteiger partial charge on any atom is -0.493 e. The monoisotopic (exact) mass is 260 g/mol. The molecule has 0 aromatic heterocycles. The number of primary amides is 1. The number of ether oxygens (including phenoxy) is 2. The number of methoxy groups -OCH3 is 2. The first-order valence-electron chi connectivity index (χ1n) is 4.84. The summed E-state index contributed by atoms with van der Waals surface area (Å²) in [6, 6.07) is 4.69. The first-order chi connectivity index (χ1) is 7.58. The van der Waals surface area contributed by atoms with Crippen LogP contribution in [0.4, 0.5) is 0 Å². The highest BCUT2D eigenvalue weighted by atomic mass is 35.5. The molecular weight excluding hydrogens is 244 g/mol. The lowest BCUT2D eigenvalue weighted by molar-refractivity contribution is -0.119. The van der Waals surface area contributed by atoms with E-state index in [-0.39, 0.29) is 12.4 Å². The molecule has 0 saturated heterocycles. The second-order valence-corrected chi connectivity index (χ2v) is 3.40. The van der Waals surface area contributed by atoms with Gasteiger partial charge < -0.3 is 20.9 Å². The first-order valence-corrected chi connectivity index (χ1v) is 4.84. The van der Waals surface area contributed by atoms with Crippen LogP contribution in [-0.4, -0.2) is 26.2 Å². The van der Waals surface area contributed by atoms with Gasteiger partial charge in [-0.1, -0.05) is 6.07 Å². The third-order valence-corrected chi connectivity index (χ3v) is 2.27. The van der Waals surface area contributed by atoms with Crippen LogP contribution in [0.25, 0.3) is 0 Å². The Bertz CT molecular complexity index is 385. The van der Waals surface area contributed by atoms with E-state index < -0.39 is 11.9 Å². The minimum absolute atomic E-state index is 0. The molecule has 0 saturated carbocycles. The van der Waals surface area contributed by atoms with Crippen LogP contribution in [0.1, 0.15) is 5.56 Å². The highest BCUT2D eigenvalue weighted by Gasteiger charge is 2.12. The van der Waals surface area contributed by atoms with Crippen molar-refractivity contribution in [2.24, 2.45) is 11.5 Å². The maximum atomic E-state index is 10.8. The molecule has 1 atom stereocenters. The van der Waals surface area contributed by atoms with E-state index in [1.54, 1.807) is 26.4 Å². The van der Waals surface area contributed by atoms with Crippen LogP contribution in [-0.2, 0) is 11.2 Å². The fourth-order valence-corrected chi connectivity index (χ4v) is 1.36. The maximum absolute atomic E-state index is 10.8. The Morgan fingerprint density at radius 1 is 1.29 bits per heavy atom. The molecule has 0 heterocycles. The molecule has 0 aliphatic rings. The lowest BCUT2D eigenvalue weighted by Gasteiger charge is -2.11. The zero-order valence-corrected chi connectivity index (χ0v) is 10.6. The van der Waals surface area contributed by atoms with Crippen LogP contribution in [0, 0.1) is 0 Å². The Morgan fingerprint density at radius 2 is 1.88 bits per heavy atom. The van der Waals surface area contributed by atoms with E-state index in [4.69, 9.17) is 20.9 Å². The van der Waals surface area contributed by atoms with Crippen molar-refractivity contribution >= 4 is 18.3 Å². The van der Waals surface area contributed by atoms with Gasteiger partial charge in [0.2, 0.25) is 5.91 Å². The smallest absolute Gasteiger partial charge is 0.234 e. The van der Waals surface area contributed by atoms with Gasteiger partial charge in [-0.3, -0.25) is 4.79 Å². The predicted octanol–water partition coefficient (Wildman–Crippen LogP) is 0.481. The van der Waals surface area contributed by atoms with Crippen molar-refractivity contribution in [1.82, 2.24) is 0 Å². The summed E-state index contributed by atoms with van der Waals surface area (Å²) in [6.07, 6.45) is 0.385. The number of carbonyl (C=O) groups is 1. The van der Waals surface area contributed by atoms with E-state index >= 15 is 0 Å². The zero-order valence-electron chi connectivity index (χ0n) is 9.80. The summed E-state index contributed by atoms with van der Waals surface area (Å²) >= 11 is 0. The summed E-state index contributed by atoms with van der Waals surface area (Å²) in [5.74, 6) is 0.727. The van der Waals surface area contributed by atoms with Crippen LogP contribution in [0.2, 0.25) is 0 Å². The first kappa shape index (κ1) is 15.5. The summed E-state index contributed by atoms with van der Waals surface area (Å²) in [7, 11) is 3.11. The summed E-state index contributed by atoms with van der Waals surface area (Å²) in [4.78, 5) is 10.8. The molecule has 6 heteroatoms. The molecule has 1 rings (SSSR count). The Morgan fingerprint density at radius 3 is 2.35 bits per heavy atom. The average molecular weight is 261 g/mol. The molecule has 0 aliphatic heterocycles. The topological polar surface area (TPSA) is 87.6 Å². The van der Waals surface area contributed by atoms with Crippen molar-refractivity contribution in [3.05, 3.63) is 23.8 Å². The van der Waals surface area contributed by atoms with Crippen molar-refractivity contribution < 1.29 is 14.3 Å². The summed E-state index contributed by atoms with van der Waals surface area (Å²) in [5.41, 5.74) is 11.5. The molecule has 0 fully saturated rings. The molecule has 0 bridgehead atoms. The molecular formula is C11H17ClN2O3. The molecule has 0 unspecified atom stereocenters. The average Bonchev–Trinajstić information content (AvgIpc) is 2.28. The minimum atomic E-state index is -0.682. The van der Waals surface area contributed by atoms with Gasteiger partial charge in [0, 0.05) is 0 Å². The van der Waals surface area contributed by atoms with Gasteiger partial charge in [-0.2, -0.15) is 0 Å². The number of rotatable bonds is 5. The lowest BCUT2D eigenvalue weighted by atomic mass is 10.1. The molecule has 96 valence electrons. The van der Waals surface area contributed by atoms with Gasteiger partial charge in [0.05, 0.1) is 20.3 Å². The molecule has 17 heavy (non-hydrogen) atoms. The van der Waals surface area contributed by atoms with Crippen LogP contribution >= 0.6 is 12.4 Å². The van der Waals surface area contributed by atoms with Crippen molar-refractivity contribution in [3.8, 4) is 11.5 Å². The van der Waals surface area contributed by atoms with Crippen LogP contribution in [0.15, 0.2) is 18.2 Å². The standard InChI is InChI=1S/C11H16N2O3.ClH/c1-15-9-4-3-7(6-10(9)16-2)5-8(12)11(13)14;/h3-4,6,8H,5,12H2,1-2H3,(H2,13,14);1H/t8-;/m1./s1. The Hall–Kier alpha value is -1.46. The quantitative estimate of drug-likeness (QED) is 0.806. The van der Waals surface area contributed by atoms with Crippen molar-refractivity contribution in [2.45, 2.75) is 12.5 Å². The summed E-state index contributed by atoms with van der Waals surface area (Å²) in [6.45, 7) is 0. The Balaban J connectivity index is 0.00000256. The van der Waals surface area contributed by atoms with Gasteiger partial charge in [-0.05, 0) is 24.1 Å². The molecule has 0 radical (unpaired) electrons. The van der Waals surface area contributed by atoms with Crippen molar-refractivity contribution in [3.63, 3.8) is 0 Å². The van der Waals surface area contributed by atoms with Crippen molar-refractivity contribution in [1.29, 1.82) is 0 Å². The predicted molar refractivity (Wildman–Crippen MR) is 67.7 cm³/mol. The third kappa shape index (κ3) is 4.13. The Kier molecular flexibility index (Phi) is 6.38. The molecule has 1 amide bonds. The number of hydrogen-bond donors (Lipinski definition) is 2. The van der Waals surface area contributed by atoms with Gasteiger partial charge in [0.15, 0.2) is 11.5 Å².